The molecule has 1 rings (SSSR count). The lowest BCUT2D eigenvalue weighted by Gasteiger charge is -2.23. The summed E-state index contributed by atoms with van der Waals surface area (Å²) in [4.78, 5) is 0. The summed E-state index contributed by atoms with van der Waals surface area (Å²) >= 11 is 0. The predicted octanol–water partition coefficient (Wildman–Crippen LogP) is 2.11. The van der Waals surface area contributed by atoms with Crippen LogP contribution in [0.1, 0.15) is 38.4 Å². The molecule has 0 aliphatic rings. The molecule has 3 heteroatoms. The quantitative estimate of drug-likeness (QED) is 0.784. The Bertz CT molecular complexity index is 294. The van der Waals surface area contributed by atoms with Gasteiger partial charge in [-0.3, -0.25) is 0 Å². The molecular formula is C12H21NO2. The molecule has 0 aromatic carbocycles. The van der Waals surface area contributed by atoms with Crippen molar-refractivity contribution in [1.29, 1.82) is 0 Å². The van der Waals surface area contributed by atoms with Gasteiger partial charge < -0.3 is 15.3 Å². The van der Waals surface area contributed by atoms with Crippen molar-refractivity contribution in [3.05, 3.63) is 23.7 Å². The van der Waals surface area contributed by atoms with Crippen LogP contribution in [0.3, 0.4) is 0 Å². The molecular weight excluding hydrogens is 190 g/mol. The average Bonchev–Trinajstić information content (AvgIpc) is 2.66. The van der Waals surface area contributed by atoms with E-state index in [2.05, 4.69) is 13.8 Å². The number of furan rings is 1. The third-order valence-electron chi connectivity index (χ3n) is 2.86. The van der Waals surface area contributed by atoms with E-state index in [9.17, 15) is 5.11 Å². The molecule has 0 radical (unpaired) electrons. The molecule has 0 bridgehead atoms. The van der Waals surface area contributed by atoms with Crippen LogP contribution in [0.25, 0.3) is 0 Å². The summed E-state index contributed by atoms with van der Waals surface area (Å²) in [5.41, 5.74) is 5.65. The molecule has 0 aliphatic carbocycles. The molecule has 1 aromatic heterocycles. The van der Waals surface area contributed by atoms with E-state index < -0.39 is 6.10 Å². The highest BCUT2D eigenvalue weighted by atomic mass is 16.4. The first-order chi connectivity index (χ1) is 7.10. The van der Waals surface area contributed by atoms with E-state index in [-0.39, 0.29) is 5.92 Å². The van der Waals surface area contributed by atoms with Gasteiger partial charge in [-0.05, 0) is 24.6 Å². The number of hydrogen-bond acceptors (Lipinski definition) is 3. The summed E-state index contributed by atoms with van der Waals surface area (Å²) in [6.45, 7) is 6.62. The van der Waals surface area contributed by atoms with Gasteiger partial charge in [0.05, 0.1) is 0 Å². The first-order valence-corrected chi connectivity index (χ1v) is 5.56. The Balaban J connectivity index is 2.77. The van der Waals surface area contributed by atoms with Crippen LogP contribution >= 0.6 is 0 Å². The van der Waals surface area contributed by atoms with Crippen molar-refractivity contribution < 1.29 is 9.52 Å². The van der Waals surface area contributed by atoms with Crippen LogP contribution in [0.15, 0.2) is 16.5 Å². The maximum atomic E-state index is 10.1. The standard InChI is InChI=1S/C12H21NO2/c1-4-9-5-6-11(15-9)12(14)10(7-13)8(2)3/h5-6,8,10,12,14H,4,7,13H2,1-3H3. The summed E-state index contributed by atoms with van der Waals surface area (Å²) in [6, 6.07) is 3.75. The fourth-order valence-electron chi connectivity index (χ4n) is 1.72. The molecule has 15 heavy (non-hydrogen) atoms. The molecule has 2 atom stereocenters. The lowest BCUT2D eigenvalue weighted by atomic mass is 9.89. The summed E-state index contributed by atoms with van der Waals surface area (Å²) in [7, 11) is 0. The van der Waals surface area contributed by atoms with E-state index in [1.165, 1.54) is 0 Å². The van der Waals surface area contributed by atoms with Crippen LogP contribution < -0.4 is 5.73 Å². The van der Waals surface area contributed by atoms with Crippen LogP contribution in [0.5, 0.6) is 0 Å². The predicted molar refractivity (Wildman–Crippen MR) is 60.4 cm³/mol. The molecule has 0 aliphatic heterocycles. The number of nitrogens with two attached hydrogens (primary N) is 1. The second kappa shape index (κ2) is 5.33. The zero-order valence-electron chi connectivity index (χ0n) is 9.73. The summed E-state index contributed by atoms with van der Waals surface area (Å²) in [5.74, 6) is 1.95. The third kappa shape index (κ3) is 2.83. The van der Waals surface area contributed by atoms with Gasteiger partial charge in [0.2, 0.25) is 0 Å². The van der Waals surface area contributed by atoms with Gasteiger partial charge in [0, 0.05) is 12.3 Å². The van der Waals surface area contributed by atoms with E-state index in [4.69, 9.17) is 10.2 Å². The van der Waals surface area contributed by atoms with Crippen LogP contribution in [0.4, 0.5) is 0 Å². The molecule has 0 saturated heterocycles. The number of aryl methyl sites for hydroxylation is 1. The van der Waals surface area contributed by atoms with Gasteiger partial charge >= 0.3 is 0 Å². The fraction of sp³-hybridized carbons (Fsp3) is 0.667. The molecule has 0 saturated carbocycles. The lowest BCUT2D eigenvalue weighted by Crippen LogP contribution is -2.26. The van der Waals surface area contributed by atoms with E-state index in [1.54, 1.807) is 0 Å². The molecule has 86 valence electrons. The number of aliphatic hydroxyl groups excluding tert-OH is 1. The lowest BCUT2D eigenvalue weighted by molar-refractivity contribution is 0.0651. The van der Waals surface area contributed by atoms with Gasteiger partial charge in [-0.25, -0.2) is 0 Å². The zero-order chi connectivity index (χ0) is 11.4. The minimum Gasteiger partial charge on any atom is -0.463 e. The first-order valence-electron chi connectivity index (χ1n) is 5.56. The maximum absolute atomic E-state index is 10.1. The highest BCUT2D eigenvalue weighted by molar-refractivity contribution is 5.10. The van der Waals surface area contributed by atoms with Gasteiger partial charge in [0.25, 0.3) is 0 Å². The van der Waals surface area contributed by atoms with E-state index in [0.717, 1.165) is 12.2 Å². The second-order valence-electron chi connectivity index (χ2n) is 4.25. The Kier molecular flexibility index (Phi) is 4.36. The normalized spacial score (nSPS) is 15.6. The monoisotopic (exact) mass is 211 g/mol. The topological polar surface area (TPSA) is 59.4 Å². The molecule has 3 nitrogen and oxygen atoms in total. The van der Waals surface area contributed by atoms with Crippen LogP contribution in [-0.4, -0.2) is 11.7 Å². The number of hydrogen-bond donors (Lipinski definition) is 2. The zero-order valence-corrected chi connectivity index (χ0v) is 9.73. The van der Waals surface area contributed by atoms with Gasteiger partial charge in [-0.15, -0.1) is 0 Å². The van der Waals surface area contributed by atoms with E-state index >= 15 is 0 Å². The van der Waals surface area contributed by atoms with Crippen molar-refractivity contribution in [3.63, 3.8) is 0 Å². The second-order valence-corrected chi connectivity index (χ2v) is 4.25. The molecule has 0 amide bonds. The van der Waals surface area contributed by atoms with E-state index in [1.807, 2.05) is 19.1 Å². The smallest absolute Gasteiger partial charge is 0.133 e. The van der Waals surface area contributed by atoms with Crippen molar-refractivity contribution in [3.8, 4) is 0 Å². The fourth-order valence-corrected chi connectivity index (χ4v) is 1.72. The summed E-state index contributed by atoms with van der Waals surface area (Å²) in [5, 5.41) is 10.1. The summed E-state index contributed by atoms with van der Waals surface area (Å²) < 4.78 is 5.52. The Morgan fingerprint density at radius 2 is 2.07 bits per heavy atom. The Morgan fingerprint density at radius 1 is 1.40 bits per heavy atom. The molecule has 0 fully saturated rings. The van der Waals surface area contributed by atoms with Crippen molar-refractivity contribution >= 4 is 0 Å². The van der Waals surface area contributed by atoms with Crippen molar-refractivity contribution in [1.82, 2.24) is 0 Å². The summed E-state index contributed by atoms with van der Waals surface area (Å²) in [6.07, 6.45) is 0.261. The Morgan fingerprint density at radius 3 is 2.47 bits per heavy atom. The molecule has 1 aromatic rings. The van der Waals surface area contributed by atoms with E-state index in [0.29, 0.717) is 18.2 Å². The largest absolute Gasteiger partial charge is 0.463 e. The number of aliphatic hydroxyl groups is 1. The molecule has 3 N–H and O–H groups in total. The van der Waals surface area contributed by atoms with Crippen molar-refractivity contribution in [2.75, 3.05) is 6.54 Å². The van der Waals surface area contributed by atoms with Crippen LogP contribution in [-0.2, 0) is 6.42 Å². The van der Waals surface area contributed by atoms with Gasteiger partial charge in [-0.2, -0.15) is 0 Å². The maximum Gasteiger partial charge on any atom is 0.133 e. The number of rotatable bonds is 5. The third-order valence-corrected chi connectivity index (χ3v) is 2.86. The SMILES string of the molecule is CCc1ccc(C(O)C(CN)C(C)C)o1. The molecule has 2 unspecified atom stereocenters. The van der Waals surface area contributed by atoms with Gasteiger partial charge in [0.15, 0.2) is 0 Å². The van der Waals surface area contributed by atoms with Crippen LogP contribution in [0.2, 0.25) is 0 Å². The van der Waals surface area contributed by atoms with Crippen molar-refractivity contribution in [2.24, 2.45) is 17.6 Å². The highest BCUT2D eigenvalue weighted by Crippen LogP contribution is 2.28. The Hall–Kier alpha value is -0.800. The van der Waals surface area contributed by atoms with Crippen molar-refractivity contribution in [2.45, 2.75) is 33.3 Å². The van der Waals surface area contributed by atoms with Crippen LogP contribution in [0, 0.1) is 11.8 Å². The van der Waals surface area contributed by atoms with Gasteiger partial charge in [0.1, 0.15) is 17.6 Å². The van der Waals surface area contributed by atoms with Gasteiger partial charge in [-0.1, -0.05) is 20.8 Å². The molecule has 0 spiro atoms. The highest BCUT2D eigenvalue weighted by Gasteiger charge is 2.25. The Labute approximate surface area is 91.3 Å². The first kappa shape index (κ1) is 12.3. The molecule has 1 heterocycles. The minimum absolute atomic E-state index is 0.0563. The minimum atomic E-state index is -0.588. The average molecular weight is 211 g/mol.